The zero-order valence-corrected chi connectivity index (χ0v) is 12.6. The molecular weight excluding hydrogens is 262 g/mol. The molecule has 4 nitrogen and oxygen atoms in total. The Balaban J connectivity index is 1.92. The van der Waals surface area contributed by atoms with Gasteiger partial charge in [0.1, 0.15) is 0 Å². The van der Waals surface area contributed by atoms with E-state index in [2.05, 4.69) is 28.1 Å². The van der Waals surface area contributed by atoms with Gasteiger partial charge < -0.3 is 15.4 Å². The van der Waals surface area contributed by atoms with Crippen LogP contribution in [0.4, 0.5) is 5.69 Å². The van der Waals surface area contributed by atoms with Crippen molar-refractivity contribution in [2.45, 2.75) is 19.4 Å². The minimum Gasteiger partial charge on any atom is -0.384 e. The van der Waals surface area contributed by atoms with Crippen molar-refractivity contribution in [3.05, 3.63) is 36.0 Å². The first-order valence-corrected chi connectivity index (χ1v) is 7.64. The minimum absolute atomic E-state index is 0.533. The molecule has 3 rings (SSSR count). The highest BCUT2D eigenvalue weighted by molar-refractivity contribution is 5.93. The van der Waals surface area contributed by atoms with Crippen LogP contribution >= 0.6 is 0 Å². The molecular formula is C17H23N3O. The van der Waals surface area contributed by atoms with Gasteiger partial charge >= 0.3 is 0 Å². The van der Waals surface area contributed by atoms with Crippen molar-refractivity contribution in [3.63, 3.8) is 0 Å². The van der Waals surface area contributed by atoms with Gasteiger partial charge in [-0.3, -0.25) is 4.98 Å². The maximum atomic E-state index is 5.94. The van der Waals surface area contributed by atoms with Crippen molar-refractivity contribution in [1.29, 1.82) is 0 Å². The minimum atomic E-state index is 0.533. The van der Waals surface area contributed by atoms with Crippen LogP contribution in [0.1, 0.15) is 18.4 Å². The standard InChI is InChI=1S/C17H23N3O/c1-21-12-13-6-8-20(9-7-13)17-14(10-18)11-19-16-5-3-2-4-15(16)17/h2-5,11,13H,6-10,12,18H2,1H3. The number of hydrogen-bond donors (Lipinski definition) is 1. The number of nitrogens with zero attached hydrogens (tertiary/aromatic N) is 2. The van der Waals surface area contributed by atoms with Crippen LogP contribution in [0.2, 0.25) is 0 Å². The zero-order valence-electron chi connectivity index (χ0n) is 12.6. The number of fused-ring (bicyclic) bond motifs is 1. The van der Waals surface area contributed by atoms with Crippen LogP contribution in [0.5, 0.6) is 0 Å². The van der Waals surface area contributed by atoms with E-state index in [0.29, 0.717) is 12.5 Å². The van der Waals surface area contributed by atoms with Crippen molar-refractivity contribution < 1.29 is 4.74 Å². The molecule has 4 heteroatoms. The summed E-state index contributed by atoms with van der Waals surface area (Å²) in [5.74, 6) is 0.681. The first-order chi connectivity index (χ1) is 10.3. The third-order valence-electron chi connectivity index (χ3n) is 4.38. The van der Waals surface area contributed by atoms with Crippen molar-refractivity contribution in [2.24, 2.45) is 11.7 Å². The number of para-hydroxylation sites is 1. The Morgan fingerprint density at radius 2 is 2.05 bits per heavy atom. The summed E-state index contributed by atoms with van der Waals surface area (Å²) < 4.78 is 5.29. The summed E-state index contributed by atoms with van der Waals surface area (Å²) in [6.45, 7) is 3.53. The fourth-order valence-corrected chi connectivity index (χ4v) is 3.25. The van der Waals surface area contributed by atoms with Crippen LogP contribution in [0.25, 0.3) is 10.9 Å². The van der Waals surface area contributed by atoms with E-state index in [4.69, 9.17) is 10.5 Å². The SMILES string of the molecule is COCC1CCN(c2c(CN)cnc3ccccc23)CC1. The predicted molar refractivity (Wildman–Crippen MR) is 86.4 cm³/mol. The van der Waals surface area contributed by atoms with Gasteiger partial charge in [-0.1, -0.05) is 18.2 Å². The summed E-state index contributed by atoms with van der Waals surface area (Å²) in [6, 6.07) is 8.33. The number of nitrogens with two attached hydrogens (primary N) is 1. The van der Waals surface area contributed by atoms with Gasteiger partial charge in [-0.05, 0) is 24.8 Å². The third-order valence-corrected chi connectivity index (χ3v) is 4.38. The number of piperidine rings is 1. The van der Waals surface area contributed by atoms with E-state index in [-0.39, 0.29) is 0 Å². The van der Waals surface area contributed by atoms with Gasteiger partial charge in [-0.15, -0.1) is 0 Å². The maximum Gasteiger partial charge on any atom is 0.0723 e. The van der Waals surface area contributed by atoms with E-state index in [1.165, 1.54) is 23.9 Å². The Morgan fingerprint density at radius 1 is 1.29 bits per heavy atom. The number of hydrogen-bond acceptors (Lipinski definition) is 4. The van der Waals surface area contributed by atoms with E-state index in [1.54, 1.807) is 7.11 Å². The first-order valence-electron chi connectivity index (χ1n) is 7.64. The monoisotopic (exact) mass is 285 g/mol. The normalized spacial score (nSPS) is 16.6. The Bertz CT molecular complexity index is 606. The molecule has 1 fully saturated rings. The van der Waals surface area contributed by atoms with Crippen molar-refractivity contribution >= 4 is 16.6 Å². The topological polar surface area (TPSA) is 51.4 Å². The number of pyridine rings is 1. The van der Waals surface area contributed by atoms with Gasteiger partial charge in [-0.25, -0.2) is 0 Å². The molecule has 2 heterocycles. The molecule has 0 bridgehead atoms. The highest BCUT2D eigenvalue weighted by atomic mass is 16.5. The van der Waals surface area contributed by atoms with Crippen LogP contribution < -0.4 is 10.6 Å². The molecule has 1 saturated heterocycles. The Morgan fingerprint density at radius 3 is 2.76 bits per heavy atom. The summed E-state index contributed by atoms with van der Waals surface area (Å²) >= 11 is 0. The van der Waals surface area contributed by atoms with Gasteiger partial charge in [0.25, 0.3) is 0 Å². The largest absolute Gasteiger partial charge is 0.384 e. The fraction of sp³-hybridized carbons (Fsp3) is 0.471. The molecule has 112 valence electrons. The van der Waals surface area contributed by atoms with Crippen molar-refractivity contribution in [3.8, 4) is 0 Å². The third kappa shape index (κ3) is 2.87. The molecule has 0 amide bonds. The molecule has 21 heavy (non-hydrogen) atoms. The maximum absolute atomic E-state index is 5.94. The highest BCUT2D eigenvalue weighted by Crippen LogP contribution is 2.32. The first kappa shape index (κ1) is 14.3. The Kier molecular flexibility index (Phi) is 4.36. The molecule has 1 aliphatic heterocycles. The zero-order chi connectivity index (χ0) is 14.7. The summed E-state index contributed by atoms with van der Waals surface area (Å²) in [6.07, 6.45) is 4.28. The van der Waals surface area contributed by atoms with Crippen molar-refractivity contribution in [2.75, 3.05) is 31.7 Å². The van der Waals surface area contributed by atoms with E-state index < -0.39 is 0 Å². The second kappa shape index (κ2) is 6.41. The van der Waals surface area contributed by atoms with Gasteiger partial charge in [-0.2, -0.15) is 0 Å². The second-order valence-electron chi connectivity index (χ2n) is 5.74. The molecule has 0 aliphatic carbocycles. The summed E-state index contributed by atoms with van der Waals surface area (Å²) in [7, 11) is 1.79. The summed E-state index contributed by atoms with van der Waals surface area (Å²) in [4.78, 5) is 7.00. The molecule has 0 unspecified atom stereocenters. The van der Waals surface area contributed by atoms with E-state index in [0.717, 1.165) is 30.8 Å². The molecule has 1 aromatic carbocycles. The Hall–Kier alpha value is -1.65. The quantitative estimate of drug-likeness (QED) is 0.938. The predicted octanol–water partition coefficient (Wildman–Crippen LogP) is 2.56. The summed E-state index contributed by atoms with van der Waals surface area (Å²) in [5, 5.41) is 1.21. The van der Waals surface area contributed by atoms with Crippen LogP contribution in [0, 0.1) is 5.92 Å². The fourth-order valence-electron chi connectivity index (χ4n) is 3.25. The molecule has 0 atom stereocenters. The lowest BCUT2D eigenvalue weighted by molar-refractivity contribution is 0.139. The smallest absolute Gasteiger partial charge is 0.0723 e. The molecule has 0 spiro atoms. The van der Waals surface area contributed by atoms with Crippen LogP contribution in [-0.4, -0.2) is 31.8 Å². The average Bonchev–Trinajstić information content (AvgIpc) is 2.55. The molecule has 0 radical (unpaired) electrons. The van der Waals surface area contributed by atoms with E-state index in [1.807, 2.05) is 12.3 Å². The number of methoxy groups -OCH3 is 1. The average molecular weight is 285 g/mol. The molecule has 0 saturated carbocycles. The lowest BCUT2D eigenvalue weighted by Crippen LogP contribution is -2.36. The van der Waals surface area contributed by atoms with Gasteiger partial charge in [0, 0.05) is 50.5 Å². The van der Waals surface area contributed by atoms with Crippen molar-refractivity contribution in [1.82, 2.24) is 4.98 Å². The molecule has 2 aromatic rings. The molecule has 1 aromatic heterocycles. The van der Waals surface area contributed by atoms with Crippen LogP contribution in [0.15, 0.2) is 30.5 Å². The number of anilines is 1. The number of aromatic nitrogens is 1. The lowest BCUT2D eigenvalue weighted by atomic mass is 9.96. The second-order valence-corrected chi connectivity index (χ2v) is 5.74. The van der Waals surface area contributed by atoms with Gasteiger partial charge in [0.2, 0.25) is 0 Å². The molecule has 1 aliphatic rings. The van der Waals surface area contributed by atoms with E-state index >= 15 is 0 Å². The van der Waals surface area contributed by atoms with Gasteiger partial charge in [0.15, 0.2) is 0 Å². The number of rotatable bonds is 4. The Labute approximate surface area is 125 Å². The van der Waals surface area contributed by atoms with Crippen LogP contribution in [0.3, 0.4) is 0 Å². The van der Waals surface area contributed by atoms with Crippen LogP contribution in [-0.2, 0) is 11.3 Å². The highest BCUT2D eigenvalue weighted by Gasteiger charge is 2.22. The summed E-state index contributed by atoms with van der Waals surface area (Å²) in [5.41, 5.74) is 9.40. The number of ether oxygens (including phenoxy) is 1. The van der Waals surface area contributed by atoms with Gasteiger partial charge in [0.05, 0.1) is 11.2 Å². The number of benzene rings is 1. The van der Waals surface area contributed by atoms with E-state index in [9.17, 15) is 0 Å². The lowest BCUT2D eigenvalue weighted by Gasteiger charge is -2.35. The molecule has 2 N–H and O–H groups in total.